The van der Waals surface area contributed by atoms with Gasteiger partial charge in [0, 0.05) is 25.8 Å². The predicted molar refractivity (Wildman–Crippen MR) is 81.5 cm³/mol. The van der Waals surface area contributed by atoms with Crippen LogP contribution in [0.3, 0.4) is 0 Å². The van der Waals surface area contributed by atoms with E-state index in [0.717, 1.165) is 13.1 Å². The molecule has 2 heterocycles. The molecule has 2 N–H and O–H groups in total. The minimum atomic E-state index is 0.313. The second kappa shape index (κ2) is 6.25. The molecule has 1 fully saturated rings. The lowest BCUT2D eigenvalue weighted by Gasteiger charge is -2.27. The van der Waals surface area contributed by atoms with Crippen molar-refractivity contribution in [2.45, 2.75) is 25.8 Å². The standard InChI is InChI=1S/C13H21N5S/c1-3-18-8-4-5-10(18)9-17(2)13-15-7-6-11(16-13)12(14)19/h6-7,10H,3-5,8-9H2,1-2H3,(H2,14,19). The van der Waals surface area contributed by atoms with Gasteiger partial charge in [-0.3, -0.25) is 4.90 Å². The van der Waals surface area contributed by atoms with Gasteiger partial charge >= 0.3 is 0 Å². The van der Waals surface area contributed by atoms with Crippen molar-refractivity contribution in [3.8, 4) is 0 Å². The van der Waals surface area contributed by atoms with Gasteiger partial charge in [0.15, 0.2) is 0 Å². The van der Waals surface area contributed by atoms with E-state index in [9.17, 15) is 0 Å². The van der Waals surface area contributed by atoms with Crippen LogP contribution in [0.25, 0.3) is 0 Å². The van der Waals surface area contributed by atoms with E-state index in [4.69, 9.17) is 18.0 Å². The molecule has 104 valence electrons. The van der Waals surface area contributed by atoms with Gasteiger partial charge in [0.1, 0.15) is 10.7 Å². The number of nitrogens with two attached hydrogens (primary N) is 1. The summed E-state index contributed by atoms with van der Waals surface area (Å²) in [5.74, 6) is 0.688. The molecule has 0 aromatic carbocycles. The second-order valence-corrected chi connectivity index (χ2v) is 5.35. The summed E-state index contributed by atoms with van der Waals surface area (Å²) >= 11 is 4.95. The van der Waals surface area contributed by atoms with Crippen molar-refractivity contribution in [2.24, 2.45) is 5.73 Å². The van der Waals surface area contributed by atoms with Crippen LogP contribution in [0.2, 0.25) is 0 Å². The molecule has 0 aliphatic carbocycles. The number of likely N-dealkylation sites (tertiary alicyclic amines) is 1. The number of likely N-dealkylation sites (N-methyl/N-ethyl adjacent to an activating group) is 2. The van der Waals surface area contributed by atoms with E-state index >= 15 is 0 Å². The number of hydrogen-bond acceptors (Lipinski definition) is 5. The Bertz CT molecular complexity index is 450. The number of rotatable bonds is 5. The third-order valence-electron chi connectivity index (χ3n) is 3.63. The Balaban J connectivity index is 2.05. The highest BCUT2D eigenvalue weighted by Gasteiger charge is 2.24. The van der Waals surface area contributed by atoms with Crippen LogP contribution in [-0.2, 0) is 0 Å². The Morgan fingerprint density at radius 1 is 1.63 bits per heavy atom. The molecule has 0 bridgehead atoms. The van der Waals surface area contributed by atoms with Crippen LogP contribution >= 0.6 is 12.2 Å². The molecule has 5 nitrogen and oxygen atoms in total. The van der Waals surface area contributed by atoms with Crippen molar-refractivity contribution < 1.29 is 0 Å². The third kappa shape index (κ3) is 3.39. The lowest BCUT2D eigenvalue weighted by atomic mass is 10.2. The normalized spacial score (nSPS) is 19.6. The van der Waals surface area contributed by atoms with E-state index < -0.39 is 0 Å². The predicted octanol–water partition coefficient (Wildman–Crippen LogP) is 1.03. The fourth-order valence-electron chi connectivity index (χ4n) is 2.59. The van der Waals surface area contributed by atoms with Crippen LogP contribution in [-0.4, -0.2) is 52.6 Å². The fraction of sp³-hybridized carbons (Fsp3) is 0.615. The van der Waals surface area contributed by atoms with Crippen LogP contribution in [0.15, 0.2) is 12.3 Å². The van der Waals surface area contributed by atoms with E-state index in [2.05, 4.69) is 26.7 Å². The maximum Gasteiger partial charge on any atom is 0.225 e. The summed E-state index contributed by atoms with van der Waals surface area (Å²) in [5.41, 5.74) is 6.23. The van der Waals surface area contributed by atoms with E-state index in [1.807, 2.05) is 7.05 Å². The van der Waals surface area contributed by atoms with Gasteiger partial charge in [-0.2, -0.15) is 0 Å². The Labute approximate surface area is 119 Å². The molecule has 19 heavy (non-hydrogen) atoms. The van der Waals surface area contributed by atoms with Gasteiger partial charge in [-0.25, -0.2) is 9.97 Å². The first-order chi connectivity index (χ1) is 9.11. The smallest absolute Gasteiger partial charge is 0.225 e. The number of thiocarbonyl (C=S) groups is 1. The average molecular weight is 279 g/mol. The minimum Gasteiger partial charge on any atom is -0.388 e. The molecule has 1 aromatic rings. The van der Waals surface area contributed by atoms with Crippen LogP contribution in [0.1, 0.15) is 25.5 Å². The van der Waals surface area contributed by atoms with Gasteiger partial charge in [0.2, 0.25) is 5.95 Å². The zero-order valence-electron chi connectivity index (χ0n) is 11.5. The molecule has 1 aliphatic heterocycles. The molecule has 1 aromatic heterocycles. The third-order valence-corrected chi connectivity index (χ3v) is 3.84. The summed E-state index contributed by atoms with van der Waals surface area (Å²) in [6.07, 6.45) is 4.23. The Morgan fingerprint density at radius 2 is 2.42 bits per heavy atom. The van der Waals surface area contributed by atoms with Gasteiger partial charge in [-0.05, 0) is 32.0 Å². The molecule has 0 amide bonds. The molecule has 1 unspecified atom stereocenters. The van der Waals surface area contributed by atoms with Crippen molar-refractivity contribution in [3.05, 3.63) is 18.0 Å². The molecule has 0 radical (unpaired) electrons. The van der Waals surface area contributed by atoms with Crippen molar-refractivity contribution in [3.63, 3.8) is 0 Å². The monoisotopic (exact) mass is 279 g/mol. The number of anilines is 1. The highest BCUT2D eigenvalue weighted by atomic mass is 32.1. The first-order valence-corrected chi connectivity index (χ1v) is 7.10. The average Bonchev–Trinajstić information content (AvgIpc) is 2.86. The number of hydrogen-bond donors (Lipinski definition) is 1. The molecule has 1 atom stereocenters. The van der Waals surface area contributed by atoms with Crippen LogP contribution < -0.4 is 10.6 Å². The lowest BCUT2D eigenvalue weighted by Crippen LogP contribution is -2.39. The number of nitrogens with zero attached hydrogens (tertiary/aromatic N) is 4. The van der Waals surface area contributed by atoms with Gasteiger partial charge in [0.25, 0.3) is 0 Å². The Kier molecular flexibility index (Phi) is 4.66. The lowest BCUT2D eigenvalue weighted by molar-refractivity contribution is 0.270. The van der Waals surface area contributed by atoms with Gasteiger partial charge < -0.3 is 10.6 Å². The van der Waals surface area contributed by atoms with Gasteiger partial charge in [0.05, 0.1) is 0 Å². The summed E-state index contributed by atoms with van der Waals surface area (Å²) < 4.78 is 0. The molecule has 1 aliphatic rings. The maximum absolute atomic E-state index is 5.60. The molecule has 0 spiro atoms. The zero-order chi connectivity index (χ0) is 13.8. The van der Waals surface area contributed by atoms with E-state index in [1.54, 1.807) is 12.3 Å². The van der Waals surface area contributed by atoms with Crippen molar-refractivity contribution in [1.29, 1.82) is 0 Å². The summed E-state index contributed by atoms with van der Waals surface area (Å²) in [7, 11) is 2.02. The first-order valence-electron chi connectivity index (χ1n) is 6.70. The maximum atomic E-state index is 5.60. The van der Waals surface area contributed by atoms with Crippen molar-refractivity contribution in [1.82, 2.24) is 14.9 Å². The van der Waals surface area contributed by atoms with E-state index in [0.29, 0.717) is 22.7 Å². The van der Waals surface area contributed by atoms with E-state index in [1.165, 1.54) is 19.4 Å². The molecule has 0 saturated carbocycles. The summed E-state index contributed by atoms with van der Waals surface area (Å²) in [6, 6.07) is 2.33. The van der Waals surface area contributed by atoms with Gasteiger partial charge in [-0.1, -0.05) is 19.1 Å². The summed E-state index contributed by atoms with van der Waals surface area (Å²) in [4.78, 5) is 13.6. The molecule has 2 rings (SSSR count). The first kappa shape index (κ1) is 14.1. The SMILES string of the molecule is CCN1CCCC1CN(C)c1nccc(C(N)=S)n1. The highest BCUT2D eigenvalue weighted by Crippen LogP contribution is 2.18. The topological polar surface area (TPSA) is 58.3 Å². The van der Waals surface area contributed by atoms with Crippen molar-refractivity contribution in [2.75, 3.05) is 31.6 Å². The summed E-state index contributed by atoms with van der Waals surface area (Å²) in [5, 5.41) is 0. The minimum absolute atomic E-state index is 0.313. The highest BCUT2D eigenvalue weighted by molar-refractivity contribution is 7.80. The van der Waals surface area contributed by atoms with Gasteiger partial charge in [-0.15, -0.1) is 0 Å². The van der Waals surface area contributed by atoms with Crippen LogP contribution in [0.4, 0.5) is 5.95 Å². The number of aromatic nitrogens is 2. The zero-order valence-corrected chi connectivity index (χ0v) is 12.4. The second-order valence-electron chi connectivity index (χ2n) is 4.91. The molecule has 6 heteroatoms. The quantitative estimate of drug-likeness (QED) is 0.813. The Morgan fingerprint density at radius 3 is 3.11 bits per heavy atom. The molecular weight excluding hydrogens is 258 g/mol. The molecular formula is C13H21N5S. The fourth-order valence-corrected chi connectivity index (χ4v) is 2.70. The van der Waals surface area contributed by atoms with Crippen molar-refractivity contribution >= 4 is 23.2 Å². The van der Waals surface area contributed by atoms with Crippen LogP contribution in [0, 0.1) is 0 Å². The van der Waals surface area contributed by atoms with Crippen LogP contribution in [0.5, 0.6) is 0 Å². The largest absolute Gasteiger partial charge is 0.388 e. The Hall–Kier alpha value is -1.27. The molecule has 1 saturated heterocycles. The summed E-state index contributed by atoms with van der Waals surface area (Å²) in [6.45, 7) is 5.45. The van der Waals surface area contributed by atoms with E-state index in [-0.39, 0.29) is 0 Å².